The SMILES string of the molecule is COCCC(C)(C)CNC(=O)C(C)(C)C(N)=S. The van der Waals surface area contributed by atoms with Crippen molar-refractivity contribution in [2.45, 2.75) is 34.1 Å². The van der Waals surface area contributed by atoms with Crippen LogP contribution in [0.1, 0.15) is 34.1 Å². The standard InChI is InChI=1S/C12H24N2O2S/c1-11(2,6-7-16-5)8-14-10(15)12(3,4)9(13)17/h6-8H2,1-5H3,(H2,13,17)(H,14,15). The maximum absolute atomic E-state index is 11.9. The number of rotatable bonds is 7. The predicted molar refractivity (Wildman–Crippen MR) is 73.9 cm³/mol. The summed E-state index contributed by atoms with van der Waals surface area (Å²) in [6.45, 7) is 8.89. The van der Waals surface area contributed by atoms with E-state index in [1.807, 2.05) is 0 Å². The smallest absolute Gasteiger partial charge is 0.232 e. The van der Waals surface area contributed by atoms with Crippen LogP contribution in [0.4, 0.5) is 0 Å². The summed E-state index contributed by atoms with van der Waals surface area (Å²) < 4.78 is 5.04. The van der Waals surface area contributed by atoms with Gasteiger partial charge in [-0.3, -0.25) is 4.79 Å². The number of carbonyl (C=O) groups excluding carboxylic acids is 1. The summed E-state index contributed by atoms with van der Waals surface area (Å²) in [6, 6.07) is 0. The molecule has 0 aromatic carbocycles. The molecule has 0 fully saturated rings. The summed E-state index contributed by atoms with van der Waals surface area (Å²) >= 11 is 4.88. The van der Waals surface area contributed by atoms with E-state index in [1.54, 1.807) is 21.0 Å². The van der Waals surface area contributed by atoms with Crippen LogP contribution in [-0.2, 0) is 9.53 Å². The minimum Gasteiger partial charge on any atom is -0.392 e. The lowest BCUT2D eigenvalue weighted by atomic mass is 9.88. The first kappa shape index (κ1) is 16.3. The van der Waals surface area contributed by atoms with Crippen LogP contribution >= 0.6 is 12.2 Å². The Kier molecular flexibility index (Phi) is 6.05. The van der Waals surface area contributed by atoms with E-state index in [0.29, 0.717) is 13.2 Å². The number of carbonyl (C=O) groups is 1. The van der Waals surface area contributed by atoms with Crippen molar-refractivity contribution in [3.8, 4) is 0 Å². The Bertz CT molecular complexity index is 288. The second kappa shape index (κ2) is 6.31. The van der Waals surface area contributed by atoms with Gasteiger partial charge >= 0.3 is 0 Å². The highest BCUT2D eigenvalue weighted by Gasteiger charge is 2.31. The maximum atomic E-state index is 11.9. The topological polar surface area (TPSA) is 64.3 Å². The first-order valence-corrected chi connectivity index (χ1v) is 6.11. The van der Waals surface area contributed by atoms with Crippen LogP contribution in [0.15, 0.2) is 0 Å². The van der Waals surface area contributed by atoms with Gasteiger partial charge in [-0.2, -0.15) is 0 Å². The van der Waals surface area contributed by atoms with E-state index in [0.717, 1.165) is 6.42 Å². The van der Waals surface area contributed by atoms with Crippen molar-refractivity contribution in [3.63, 3.8) is 0 Å². The fourth-order valence-corrected chi connectivity index (χ4v) is 1.21. The van der Waals surface area contributed by atoms with Crippen molar-refractivity contribution in [1.82, 2.24) is 5.32 Å². The number of hydrogen-bond donors (Lipinski definition) is 2. The molecule has 0 bridgehead atoms. The molecule has 0 aromatic rings. The number of thiocarbonyl (C=S) groups is 1. The van der Waals surface area contributed by atoms with Gasteiger partial charge in [-0.1, -0.05) is 26.1 Å². The molecule has 0 atom stereocenters. The van der Waals surface area contributed by atoms with Gasteiger partial charge in [0.1, 0.15) is 0 Å². The molecule has 0 saturated heterocycles. The Labute approximate surface area is 109 Å². The first-order chi connectivity index (χ1) is 7.63. The lowest BCUT2D eigenvalue weighted by Gasteiger charge is -2.28. The number of amides is 1. The number of nitrogens with one attached hydrogen (secondary N) is 1. The van der Waals surface area contributed by atoms with Gasteiger partial charge in [-0.15, -0.1) is 0 Å². The number of methoxy groups -OCH3 is 1. The summed E-state index contributed by atoms with van der Waals surface area (Å²) in [7, 11) is 1.67. The van der Waals surface area contributed by atoms with Crippen LogP contribution in [0.3, 0.4) is 0 Å². The molecule has 100 valence electrons. The van der Waals surface area contributed by atoms with Crippen molar-refractivity contribution in [1.29, 1.82) is 0 Å². The molecule has 0 saturated carbocycles. The molecule has 0 aliphatic carbocycles. The molecule has 0 aliphatic rings. The van der Waals surface area contributed by atoms with Crippen LogP contribution in [0.2, 0.25) is 0 Å². The molecule has 0 radical (unpaired) electrons. The largest absolute Gasteiger partial charge is 0.392 e. The average molecular weight is 260 g/mol. The number of ether oxygens (including phenoxy) is 1. The molecule has 0 heterocycles. The predicted octanol–water partition coefficient (Wildman–Crippen LogP) is 1.48. The third-order valence-electron chi connectivity index (χ3n) is 2.89. The quantitative estimate of drug-likeness (QED) is 0.681. The Morgan fingerprint density at radius 1 is 1.35 bits per heavy atom. The van der Waals surface area contributed by atoms with E-state index in [1.165, 1.54) is 0 Å². The van der Waals surface area contributed by atoms with Gasteiger partial charge in [0.25, 0.3) is 0 Å². The van der Waals surface area contributed by atoms with E-state index in [4.69, 9.17) is 22.7 Å². The van der Waals surface area contributed by atoms with Gasteiger partial charge in [0.2, 0.25) is 5.91 Å². The highest BCUT2D eigenvalue weighted by Crippen LogP contribution is 2.21. The van der Waals surface area contributed by atoms with Crippen molar-refractivity contribution in [3.05, 3.63) is 0 Å². The van der Waals surface area contributed by atoms with E-state index in [9.17, 15) is 4.79 Å². The molecule has 17 heavy (non-hydrogen) atoms. The molecule has 1 amide bonds. The summed E-state index contributed by atoms with van der Waals surface area (Å²) in [4.78, 5) is 12.1. The van der Waals surface area contributed by atoms with Crippen LogP contribution < -0.4 is 11.1 Å². The number of hydrogen-bond acceptors (Lipinski definition) is 3. The van der Waals surface area contributed by atoms with Gasteiger partial charge in [-0.05, 0) is 25.7 Å². The van der Waals surface area contributed by atoms with Gasteiger partial charge in [0.15, 0.2) is 0 Å². The molecule has 0 aliphatic heterocycles. The zero-order valence-corrected chi connectivity index (χ0v) is 12.2. The van der Waals surface area contributed by atoms with Gasteiger partial charge in [0.05, 0.1) is 10.4 Å². The Morgan fingerprint density at radius 3 is 2.29 bits per heavy atom. The first-order valence-electron chi connectivity index (χ1n) is 5.70. The summed E-state index contributed by atoms with van der Waals surface area (Å²) in [5.74, 6) is -0.129. The molecule has 0 rings (SSSR count). The van der Waals surface area contributed by atoms with E-state index < -0.39 is 5.41 Å². The Balaban J connectivity index is 4.29. The van der Waals surface area contributed by atoms with Crippen LogP contribution in [-0.4, -0.2) is 31.2 Å². The Hall–Kier alpha value is -0.680. The second-order valence-electron chi connectivity index (χ2n) is 5.58. The molecule has 0 aromatic heterocycles. The van der Waals surface area contributed by atoms with Crippen LogP contribution in [0.25, 0.3) is 0 Å². The van der Waals surface area contributed by atoms with E-state index in [-0.39, 0.29) is 16.3 Å². The average Bonchev–Trinajstić information content (AvgIpc) is 2.23. The third-order valence-corrected chi connectivity index (χ3v) is 3.40. The molecule has 4 nitrogen and oxygen atoms in total. The highest BCUT2D eigenvalue weighted by molar-refractivity contribution is 7.80. The summed E-state index contributed by atoms with van der Waals surface area (Å²) in [6.07, 6.45) is 0.886. The number of nitrogens with two attached hydrogens (primary N) is 1. The molecule has 3 N–H and O–H groups in total. The molecular weight excluding hydrogens is 236 g/mol. The van der Waals surface area contributed by atoms with Crippen LogP contribution in [0, 0.1) is 10.8 Å². The fourth-order valence-electron chi connectivity index (χ4n) is 1.12. The minimum atomic E-state index is -0.799. The maximum Gasteiger partial charge on any atom is 0.232 e. The zero-order valence-electron chi connectivity index (χ0n) is 11.4. The molecule has 5 heteroatoms. The zero-order chi connectivity index (χ0) is 13.7. The molecule has 0 unspecified atom stereocenters. The van der Waals surface area contributed by atoms with Crippen molar-refractivity contribution < 1.29 is 9.53 Å². The van der Waals surface area contributed by atoms with E-state index in [2.05, 4.69) is 19.2 Å². The minimum absolute atomic E-state index is 0.00202. The summed E-state index contributed by atoms with van der Waals surface area (Å²) in [5.41, 5.74) is 4.74. The summed E-state index contributed by atoms with van der Waals surface area (Å²) in [5, 5.41) is 2.89. The monoisotopic (exact) mass is 260 g/mol. The van der Waals surface area contributed by atoms with Crippen molar-refractivity contribution >= 4 is 23.1 Å². The van der Waals surface area contributed by atoms with Crippen LogP contribution in [0.5, 0.6) is 0 Å². The highest BCUT2D eigenvalue weighted by atomic mass is 32.1. The second-order valence-corrected chi connectivity index (χ2v) is 6.02. The van der Waals surface area contributed by atoms with Gasteiger partial charge < -0.3 is 15.8 Å². The van der Waals surface area contributed by atoms with Gasteiger partial charge in [0, 0.05) is 20.3 Å². The van der Waals surface area contributed by atoms with E-state index >= 15 is 0 Å². The molecule has 0 spiro atoms. The lowest BCUT2D eigenvalue weighted by molar-refractivity contribution is -0.126. The Morgan fingerprint density at radius 2 is 1.88 bits per heavy atom. The van der Waals surface area contributed by atoms with Crippen molar-refractivity contribution in [2.75, 3.05) is 20.3 Å². The molecular formula is C12H24N2O2S. The normalized spacial score (nSPS) is 12.3. The fraction of sp³-hybridized carbons (Fsp3) is 0.833. The van der Waals surface area contributed by atoms with Crippen molar-refractivity contribution in [2.24, 2.45) is 16.6 Å². The lowest BCUT2D eigenvalue weighted by Crippen LogP contribution is -2.47. The van der Waals surface area contributed by atoms with Gasteiger partial charge in [-0.25, -0.2) is 0 Å². The third kappa shape index (κ3) is 5.46.